The van der Waals surface area contributed by atoms with E-state index in [0.29, 0.717) is 5.69 Å². The van der Waals surface area contributed by atoms with Crippen LogP contribution in [0.25, 0.3) is 0 Å². The van der Waals surface area contributed by atoms with Crippen LogP contribution in [0.1, 0.15) is 30.9 Å². The lowest BCUT2D eigenvalue weighted by molar-refractivity contribution is -0.127. The maximum atomic E-state index is 11.1. The number of anilines is 1. The number of ether oxygens (including phenoxy) is 1. The number of hydrogen-bond donors (Lipinski definition) is 1. The van der Waals surface area contributed by atoms with Crippen molar-refractivity contribution < 1.29 is 14.3 Å². The first-order valence-electron chi connectivity index (χ1n) is 5.44. The lowest BCUT2D eigenvalue weighted by atomic mass is 9.99. The molecule has 0 saturated heterocycles. The highest BCUT2D eigenvalue weighted by atomic mass is 16.5. The first-order chi connectivity index (χ1) is 7.99. The Balaban J connectivity index is 3.19. The van der Waals surface area contributed by atoms with Crippen LogP contribution in [0, 0.1) is 6.92 Å². The second-order valence-corrected chi connectivity index (χ2v) is 4.17. The quantitative estimate of drug-likeness (QED) is 0.643. The van der Waals surface area contributed by atoms with Crippen LogP contribution in [0.5, 0.6) is 5.75 Å². The number of rotatable bonds is 4. The van der Waals surface area contributed by atoms with E-state index >= 15 is 0 Å². The zero-order chi connectivity index (χ0) is 13.0. The number of aryl methyl sites for hydroxylation is 1. The van der Waals surface area contributed by atoms with E-state index in [0.717, 1.165) is 16.9 Å². The third-order valence-corrected chi connectivity index (χ3v) is 2.56. The van der Waals surface area contributed by atoms with Crippen molar-refractivity contribution in [2.75, 3.05) is 12.4 Å². The summed E-state index contributed by atoms with van der Waals surface area (Å²) >= 11 is 0. The van der Waals surface area contributed by atoms with E-state index in [9.17, 15) is 9.59 Å². The van der Waals surface area contributed by atoms with Gasteiger partial charge in [-0.05, 0) is 36.1 Å². The van der Waals surface area contributed by atoms with Gasteiger partial charge in [-0.1, -0.05) is 13.8 Å². The summed E-state index contributed by atoms with van der Waals surface area (Å²) in [5.41, 5.74) is 2.51. The molecule has 4 nitrogen and oxygen atoms in total. The molecule has 1 N–H and O–H groups in total. The third-order valence-electron chi connectivity index (χ3n) is 2.56. The molecule has 0 fully saturated rings. The van der Waals surface area contributed by atoms with Crippen molar-refractivity contribution in [1.29, 1.82) is 0 Å². The van der Waals surface area contributed by atoms with E-state index in [1.165, 1.54) is 0 Å². The Hall–Kier alpha value is -1.84. The average molecular weight is 235 g/mol. The van der Waals surface area contributed by atoms with Crippen LogP contribution in [-0.4, -0.2) is 19.3 Å². The van der Waals surface area contributed by atoms with E-state index in [-0.39, 0.29) is 12.2 Å². The van der Waals surface area contributed by atoms with Gasteiger partial charge in [0.05, 0.1) is 7.11 Å². The van der Waals surface area contributed by atoms with Crippen LogP contribution in [0.15, 0.2) is 12.1 Å². The van der Waals surface area contributed by atoms with Gasteiger partial charge in [0, 0.05) is 5.69 Å². The highest BCUT2D eigenvalue weighted by Crippen LogP contribution is 2.31. The lowest BCUT2D eigenvalue weighted by Gasteiger charge is -2.15. The molecule has 0 spiro atoms. The topological polar surface area (TPSA) is 55.4 Å². The zero-order valence-corrected chi connectivity index (χ0v) is 10.5. The van der Waals surface area contributed by atoms with Gasteiger partial charge in [-0.3, -0.25) is 9.59 Å². The van der Waals surface area contributed by atoms with Gasteiger partial charge in [-0.25, -0.2) is 0 Å². The summed E-state index contributed by atoms with van der Waals surface area (Å²) in [6.07, 6.45) is 0.263. The van der Waals surface area contributed by atoms with E-state index in [1.54, 1.807) is 7.11 Å². The number of hydrogen-bond acceptors (Lipinski definition) is 3. The molecule has 1 amide bonds. The summed E-state index contributed by atoms with van der Waals surface area (Å²) in [4.78, 5) is 21.4. The Morgan fingerprint density at radius 1 is 1.41 bits per heavy atom. The molecule has 0 aliphatic heterocycles. The fourth-order valence-electron chi connectivity index (χ4n) is 1.62. The zero-order valence-electron chi connectivity index (χ0n) is 10.5. The molecule has 0 atom stereocenters. The average Bonchev–Trinajstić information content (AvgIpc) is 2.30. The fraction of sp³-hybridized carbons (Fsp3) is 0.385. The monoisotopic (exact) mass is 235 g/mol. The van der Waals surface area contributed by atoms with E-state index in [4.69, 9.17) is 4.74 Å². The number of aldehydes is 1. The molecular weight excluding hydrogens is 218 g/mol. The van der Waals surface area contributed by atoms with Crippen molar-refractivity contribution in [3.05, 3.63) is 23.3 Å². The SMILES string of the molecule is COc1cc(C)c(NC(=O)C=O)cc1C(C)C. The van der Waals surface area contributed by atoms with Gasteiger partial charge in [-0.15, -0.1) is 0 Å². The van der Waals surface area contributed by atoms with Crippen molar-refractivity contribution in [3.63, 3.8) is 0 Å². The molecule has 1 rings (SSSR count). The molecule has 0 heterocycles. The Kier molecular flexibility index (Phi) is 4.26. The van der Waals surface area contributed by atoms with E-state index in [1.807, 2.05) is 32.9 Å². The van der Waals surface area contributed by atoms with Crippen LogP contribution in [0.4, 0.5) is 5.69 Å². The number of benzene rings is 1. The minimum Gasteiger partial charge on any atom is -0.496 e. The summed E-state index contributed by atoms with van der Waals surface area (Å²) < 4.78 is 5.29. The number of methoxy groups -OCH3 is 1. The molecule has 0 bridgehead atoms. The summed E-state index contributed by atoms with van der Waals surface area (Å²) in [6.45, 7) is 5.93. The molecule has 0 unspecified atom stereocenters. The van der Waals surface area contributed by atoms with Crippen LogP contribution >= 0.6 is 0 Å². The van der Waals surface area contributed by atoms with Crippen LogP contribution < -0.4 is 10.1 Å². The van der Waals surface area contributed by atoms with Crippen molar-refractivity contribution in [1.82, 2.24) is 0 Å². The Morgan fingerprint density at radius 2 is 2.06 bits per heavy atom. The van der Waals surface area contributed by atoms with Crippen molar-refractivity contribution in [3.8, 4) is 5.75 Å². The van der Waals surface area contributed by atoms with Gasteiger partial charge in [0.1, 0.15) is 5.75 Å². The van der Waals surface area contributed by atoms with Crippen LogP contribution in [-0.2, 0) is 9.59 Å². The predicted octanol–water partition coefficient (Wildman–Crippen LogP) is 2.26. The maximum absolute atomic E-state index is 11.1. The highest BCUT2D eigenvalue weighted by molar-refractivity contribution is 6.29. The summed E-state index contributed by atoms with van der Waals surface area (Å²) in [7, 11) is 1.62. The van der Waals surface area contributed by atoms with Crippen molar-refractivity contribution >= 4 is 17.9 Å². The third kappa shape index (κ3) is 3.06. The van der Waals surface area contributed by atoms with Gasteiger partial charge < -0.3 is 10.1 Å². The summed E-state index contributed by atoms with van der Waals surface area (Å²) in [5, 5.41) is 2.54. The van der Waals surface area contributed by atoms with Crippen molar-refractivity contribution in [2.24, 2.45) is 0 Å². The fourth-order valence-corrected chi connectivity index (χ4v) is 1.62. The second-order valence-electron chi connectivity index (χ2n) is 4.17. The van der Waals surface area contributed by atoms with E-state index < -0.39 is 5.91 Å². The number of nitrogens with one attached hydrogen (secondary N) is 1. The van der Waals surface area contributed by atoms with Gasteiger partial charge in [0.15, 0.2) is 0 Å². The molecular formula is C13H17NO3. The molecule has 0 aromatic heterocycles. The molecule has 1 aromatic carbocycles. The molecule has 17 heavy (non-hydrogen) atoms. The smallest absolute Gasteiger partial charge is 0.288 e. The first-order valence-corrected chi connectivity index (χ1v) is 5.44. The Labute approximate surface area is 101 Å². The maximum Gasteiger partial charge on any atom is 0.288 e. The number of carbonyl (C=O) groups is 2. The summed E-state index contributed by atoms with van der Waals surface area (Å²) in [6, 6.07) is 3.70. The van der Waals surface area contributed by atoms with Crippen LogP contribution in [0.2, 0.25) is 0 Å². The Morgan fingerprint density at radius 3 is 2.53 bits per heavy atom. The molecule has 1 aromatic rings. The normalized spacial score (nSPS) is 10.2. The molecule has 0 aliphatic rings. The van der Waals surface area contributed by atoms with Crippen LogP contribution in [0.3, 0.4) is 0 Å². The first kappa shape index (κ1) is 13.2. The molecule has 0 radical (unpaired) electrons. The lowest BCUT2D eigenvalue weighted by Crippen LogP contribution is -2.13. The molecule has 4 heteroatoms. The van der Waals surface area contributed by atoms with Gasteiger partial charge >= 0.3 is 0 Å². The predicted molar refractivity (Wildman–Crippen MR) is 66.5 cm³/mol. The second kappa shape index (κ2) is 5.48. The minimum absolute atomic E-state index is 0.263. The van der Waals surface area contributed by atoms with Gasteiger partial charge in [-0.2, -0.15) is 0 Å². The standard InChI is InChI=1S/C13H17NO3/c1-8(2)10-6-11(14-13(16)7-15)9(3)5-12(10)17-4/h5-8H,1-4H3,(H,14,16). The minimum atomic E-state index is -0.645. The summed E-state index contributed by atoms with van der Waals surface area (Å²) in [5.74, 6) is 0.423. The number of carbonyl (C=O) groups excluding carboxylic acids is 2. The van der Waals surface area contributed by atoms with E-state index in [2.05, 4.69) is 5.32 Å². The largest absolute Gasteiger partial charge is 0.496 e. The Bertz CT molecular complexity index is 439. The molecule has 0 saturated carbocycles. The van der Waals surface area contributed by atoms with Gasteiger partial charge in [0.25, 0.3) is 5.91 Å². The molecule has 92 valence electrons. The highest BCUT2D eigenvalue weighted by Gasteiger charge is 2.12. The molecule has 0 aliphatic carbocycles. The van der Waals surface area contributed by atoms with Gasteiger partial charge in [0.2, 0.25) is 6.29 Å². The van der Waals surface area contributed by atoms with Crippen molar-refractivity contribution in [2.45, 2.75) is 26.7 Å². The number of amides is 1.